The molecule has 94 valence electrons. The third-order valence-corrected chi connectivity index (χ3v) is 5.66. The van der Waals surface area contributed by atoms with E-state index in [-0.39, 0.29) is 0 Å². The topological polar surface area (TPSA) is 0 Å². The average molecular weight is 360 g/mol. The van der Waals surface area contributed by atoms with E-state index in [1.165, 1.54) is 42.1 Å². The van der Waals surface area contributed by atoms with Crippen molar-refractivity contribution in [2.75, 3.05) is 0 Å². The van der Waals surface area contributed by atoms with Crippen LogP contribution in [-0.2, 0) is 6.42 Å². The molecule has 0 aliphatic heterocycles. The molecule has 1 aromatic carbocycles. The summed E-state index contributed by atoms with van der Waals surface area (Å²) < 4.78 is 1.20. The van der Waals surface area contributed by atoms with Crippen molar-refractivity contribution >= 4 is 31.9 Å². The van der Waals surface area contributed by atoms with E-state index in [9.17, 15) is 0 Å². The zero-order chi connectivity index (χ0) is 12.3. The predicted octanol–water partition coefficient (Wildman–Crippen LogP) is 5.58. The molecule has 0 radical (unpaired) electrons. The van der Waals surface area contributed by atoms with Gasteiger partial charge in [-0.2, -0.15) is 0 Å². The lowest BCUT2D eigenvalue weighted by Crippen LogP contribution is -2.26. The van der Waals surface area contributed by atoms with Crippen LogP contribution in [0.3, 0.4) is 0 Å². The van der Waals surface area contributed by atoms with Crippen LogP contribution >= 0.6 is 31.9 Å². The van der Waals surface area contributed by atoms with Crippen molar-refractivity contribution in [3.63, 3.8) is 0 Å². The van der Waals surface area contributed by atoms with Gasteiger partial charge in [-0.3, -0.25) is 0 Å². The zero-order valence-electron chi connectivity index (χ0n) is 10.3. The minimum absolute atomic E-state index is 0.712. The van der Waals surface area contributed by atoms with Gasteiger partial charge in [0.2, 0.25) is 0 Å². The Bertz CT molecular complexity index is 362. The Labute approximate surface area is 121 Å². The van der Waals surface area contributed by atoms with Gasteiger partial charge in [0.15, 0.2) is 0 Å². The molecule has 0 N–H and O–H groups in total. The molecule has 0 amide bonds. The summed E-state index contributed by atoms with van der Waals surface area (Å²) in [6.45, 7) is 2.33. The highest BCUT2D eigenvalue weighted by Crippen LogP contribution is 2.37. The van der Waals surface area contributed by atoms with Crippen LogP contribution in [0.15, 0.2) is 28.7 Å². The van der Waals surface area contributed by atoms with E-state index in [4.69, 9.17) is 0 Å². The lowest BCUT2D eigenvalue weighted by atomic mass is 9.77. The van der Waals surface area contributed by atoms with E-state index in [2.05, 4.69) is 63.0 Å². The van der Waals surface area contributed by atoms with Gasteiger partial charge in [-0.15, -0.1) is 0 Å². The lowest BCUT2D eigenvalue weighted by Gasteiger charge is -2.33. The van der Waals surface area contributed by atoms with Crippen LogP contribution in [0.4, 0.5) is 0 Å². The van der Waals surface area contributed by atoms with Crippen molar-refractivity contribution in [1.29, 1.82) is 0 Å². The van der Waals surface area contributed by atoms with E-state index < -0.39 is 0 Å². The van der Waals surface area contributed by atoms with Crippen LogP contribution in [-0.4, -0.2) is 4.83 Å². The second-order valence-electron chi connectivity index (χ2n) is 5.20. The molecule has 3 atom stereocenters. The van der Waals surface area contributed by atoms with Crippen molar-refractivity contribution in [1.82, 2.24) is 0 Å². The Morgan fingerprint density at radius 3 is 2.82 bits per heavy atom. The molecule has 1 aliphatic carbocycles. The van der Waals surface area contributed by atoms with E-state index in [0.29, 0.717) is 4.83 Å². The van der Waals surface area contributed by atoms with Crippen LogP contribution < -0.4 is 0 Å². The second-order valence-corrected chi connectivity index (χ2v) is 7.29. The van der Waals surface area contributed by atoms with Crippen molar-refractivity contribution in [2.45, 2.75) is 43.9 Å². The van der Waals surface area contributed by atoms with Gasteiger partial charge >= 0.3 is 0 Å². The Hall–Kier alpha value is 0.180. The molecule has 0 nitrogen and oxygen atoms in total. The summed E-state index contributed by atoms with van der Waals surface area (Å²) >= 11 is 7.43. The first-order valence-electron chi connectivity index (χ1n) is 6.57. The van der Waals surface area contributed by atoms with Gasteiger partial charge < -0.3 is 0 Å². The molecule has 1 aromatic rings. The van der Waals surface area contributed by atoms with Gasteiger partial charge in [0.05, 0.1) is 0 Å². The van der Waals surface area contributed by atoms with Crippen LogP contribution in [0.2, 0.25) is 0 Å². The summed E-state index contributed by atoms with van der Waals surface area (Å²) in [5.41, 5.74) is 1.46. The maximum Gasteiger partial charge on any atom is 0.0177 e. The summed E-state index contributed by atoms with van der Waals surface area (Å²) in [7, 11) is 0. The zero-order valence-corrected chi connectivity index (χ0v) is 13.5. The van der Waals surface area contributed by atoms with Gasteiger partial charge in [0.25, 0.3) is 0 Å². The third-order valence-electron chi connectivity index (χ3n) is 3.96. The number of hydrogen-bond acceptors (Lipinski definition) is 0. The SMILES string of the molecule is CCC1CCC(Br)C(Cc2cccc(Br)c2)C1. The van der Waals surface area contributed by atoms with Crippen molar-refractivity contribution < 1.29 is 0 Å². The number of alkyl halides is 1. The van der Waals surface area contributed by atoms with Gasteiger partial charge in [0, 0.05) is 9.30 Å². The van der Waals surface area contributed by atoms with Crippen LogP contribution in [0.5, 0.6) is 0 Å². The van der Waals surface area contributed by atoms with Crippen LogP contribution in [0.25, 0.3) is 0 Å². The van der Waals surface area contributed by atoms with E-state index in [1.807, 2.05) is 0 Å². The lowest BCUT2D eigenvalue weighted by molar-refractivity contribution is 0.271. The maximum atomic E-state index is 3.88. The minimum Gasteiger partial charge on any atom is -0.0888 e. The Morgan fingerprint density at radius 1 is 1.29 bits per heavy atom. The molecule has 1 aliphatic rings. The Balaban J connectivity index is 2.01. The highest BCUT2D eigenvalue weighted by atomic mass is 79.9. The molecular weight excluding hydrogens is 340 g/mol. The molecular formula is C15H20Br2. The molecule has 0 heterocycles. The van der Waals surface area contributed by atoms with Crippen molar-refractivity contribution in [3.05, 3.63) is 34.3 Å². The largest absolute Gasteiger partial charge is 0.0888 e. The van der Waals surface area contributed by atoms with Gasteiger partial charge in [0.1, 0.15) is 0 Å². The molecule has 0 aromatic heterocycles. The first-order valence-corrected chi connectivity index (χ1v) is 8.28. The maximum absolute atomic E-state index is 3.88. The molecule has 2 rings (SSSR count). The molecule has 0 saturated heterocycles. The molecule has 1 saturated carbocycles. The fourth-order valence-electron chi connectivity index (χ4n) is 2.87. The molecule has 0 spiro atoms. The first-order chi connectivity index (χ1) is 8.19. The summed E-state index contributed by atoms with van der Waals surface area (Å²) in [6.07, 6.45) is 6.69. The van der Waals surface area contributed by atoms with Gasteiger partial charge in [-0.1, -0.05) is 57.3 Å². The molecule has 17 heavy (non-hydrogen) atoms. The highest BCUT2D eigenvalue weighted by Gasteiger charge is 2.27. The quantitative estimate of drug-likeness (QED) is 0.618. The monoisotopic (exact) mass is 358 g/mol. The van der Waals surface area contributed by atoms with Gasteiger partial charge in [-0.25, -0.2) is 0 Å². The Morgan fingerprint density at radius 2 is 2.12 bits per heavy atom. The predicted molar refractivity (Wildman–Crippen MR) is 81.7 cm³/mol. The number of halogens is 2. The van der Waals surface area contributed by atoms with Crippen LogP contribution in [0, 0.1) is 11.8 Å². The third kappa shape index (κ3) is 3.82. The van der Waals surface area contributed by atoms with Crippen molar-refractivity contribution in [3.8, 4) is 0 Å². The number of hydrogen-bond donors (Lipinski definition) is 0. The Kier molecular flexibility index (Phi) is 5.10. The second kappa shape index (κ2) is 6.38. The molecule has 2 heteroatoms. The summed E-state index contributed by atoms with van der Waals surface area (Å²) in [4.78, 5) is 0.712. The molecule has 1 fully saturated rings. The number of benzene rings is 1. The van der Waals surface area contributed by atoms with Crippen molar-refractivity contribution in [2.24, 2.45) is 11.8 Å². The van der Waals surface area contributed by atoms with E-state index >= 15 is 0 Å². The molecule has 0 bridgehead atoms. The van der Waals surface area contributed by atoms with Crippen LogP contribution in [0.1, 0.15) is 38.2 Å². The summed E-state index contributed by atoms with van der Waals surface area (Å²) in [5, 5.41) is 0. The minimum atomic E-state index is 0.712. The number of rotatable bonds is 3. The highest BCUT2D eigenvalue weighted by molar-refractivity contribution is 9.10. The fourth-order valence-corrected chi connectivity index (χ4v) is 3.99. The summed E-state index contributed by atoms with van der Waals surface area (Å²) in [5.74, 6) is 1.75. The first kappa shape index (κ1) is 13.6. The summed E-state index contributed by atoms with van der Waals surface area (Å²) in [6, 6.07) is 8.75. The average Bonchev–Trinajstić information content (AvgIpc) is 2.32. The normalized spacial score (nSPS) is 29.2. The fraction of sp³-hybridized carbons (Fsp3) is 0.600. The molecule has 3 unspecified atom stereocenters. The van der Waals surface area contributed by atoms with Gasteiger partial charge in [-0.05, 0) is 55.2 Å². The van der Waals surface area contributed by atoms with E-state index in [1.54, 1.807) is 0 Å². The standard InChI is InChI=1S/C15H20Br2/c1-2-11-6-7-15(17)13(8-11)9-12-4-3-5-14(16)10-12/h3-5,10-11,13,15H,2,6-9H2,1H3. The van der Waals surface area contributed by atoms with E-state index in [0.717, 1.165) is 11.8 Å². The smallest absolute Gasteiger partial charge is 0.0177 e.